The molecule has 128 valence electrons. The lowest BCUT2D eigenvalue weighted by Crippen LogP contribution is -2.50. The molecule has 2 rings (SSSR count). The van der Waals surface area contributed by atoms with Crippen LogP contribution in [0.2, 0.25) is 0 Å². The average Bonchev–Trinajstić information content (AvgIpc) is 2.51. The average molecular weight is 360 g/mol. The number of piperazine rings is 1. The van der Waals surface area contributed by atoms with Gasteiger partial charge in [0.15, 0.2) is 0 Å². The summed E-state index contributed by atoms with van der Waals surface area (Å²) in [5, 5.41) is 2.99. The normalized spacial score (nSPS) is 15.0. The number of nitrogens with zero attached hydrogens (tertiary/aromatic N) is 2. The molecule has 7 heteroatoms. The first kappa shape index (κ1) is 19.7. The number of nitrogens with one attached hydrogen (secondary N) is 1. The maximum atomic E-state index is 12.2. The van der Waals surface area contributed by atoms with Gasteiger partial charge in [-0.05, 0) is 25.0 Å². The Hall–Kier alpha value is -1.30. The van der Waals surface area contributed by atoms with Crippen LogP contribution < -0.4 is 5.32 Å². The Morgan fingerprint density at radius 1 is 1.13 bits per heavy atom. The Bertz CT molecular complexity index is 538. The molecular weight excluding hydrogens is 337 g/mol. The van der Waals surface area contributed by atoms with Crippen molar-refractivity contribution in [3.8, 4) is 0 Å². The number of hydrogen-bond donors (Lipinski definition) is 1. The van der Waals surface area contributed by atoms with Gasteiger partial charge < -0.3 is 10.2 Å². The molecule has 0 saturated carbocycles. The highest BCUT2D eigenvalue weighted by Gasteiger charge is 2.22. The molecule has 0 spiro atoms. The van der Waals surface area contributed by atoms with Gasteiger partial charge in [0, 0.05) is 31.9 Å². The van der Waals surface area contributed by atoms with Gasteiger partial charge in [0.25, 0.3) is 0 Å². The predicted molar refractivity (Wildman–Crippen MR) is 95.5 cm³/mol. The number of hydrogen-bond acceptors (Lipinski definition) is 3. The number of aryl methyl sites for hydroxylation is 2. The number of benzene rings is 1. The van der Waals surface area contributed by atoms with E-state index < -0.39 is 0 Å². The predicted octanol–water partition coefficient (Wildman–Crippen LogP) is 2.05. The number of para-hydroxylation sites is 1. The molecule has 2 amide bonds. The fourth-order valence-electron chi connectivity index (χ4n) is 2.63. The van der Waals surface area contributed by atoms with Gasteiger partial charge in [0.2, 0.25) is 11.8 Å². The highest BCUT2D eigenvalue weighted by atomic mass is 35.5. The van der Waals surface area contributed by atoms with E-state index in [1.165, 1.54) is 0 Å². The van der Waals surface area contributed by atoms with Crippen molar-refractivity contribution in [2.45, 2.75) is 13.8 Å². The minimum absolute atomic E-state index is 0. The summed E-state index contributed by atoms with van der Waals surface area (Å²) in [5.41, 5.74) is 3.01. The molecule has 0 atom stereocenters. The minimum atomic E-state index is -0.0405. The van der Waals surface area contributed by atoms with E-state index >= 15 is 0 Å². The molecule has 5 nitrogen and oxygen atoms in total. The minimum Gasteiger partial charge on any atom is -0.339 e. The number of carbonyl (C=O) groups is 2. The third-order valence-corrected chi connectivity index (χ3v) is 4.18. The third-order valence-electron chi connectivity index (χ3n) is 3.95. The van der Waals surface area contributed by atoms with E-state index in [-0.39, 0.29) is 30.1 Å². The van der Waals surface area contributed by atoms with E-state index in [1.54, 1.807) is 4.90 Å². The molecule has 1 aromatic carbocycles. The lowest BCUT2D eigenvalue weighted by atomic mass is 10.1. The largest absolute Gasteiger partial charge is 0.339 e. The number of alkyl halides is 1. The van der Waals surface area contributed by atoms with E-state index in [1.807, 2.05) is 32.0 Å². The van der Waals surface area contributed by atoms with Crippen molar-refractivity contribution < 1.29 is 9.59 Å². The first-order valence-electron chi connectivity index (χ1n) is 7.43. The molecule has 1 fully saturated rings. The summed E-state index contributed by atoms with van der Waals surface area (Å²) >= 11 is 5.56. The van der Waals surface area contributed by atoms with Crippen LogP contribution in [0.25, 0.3) is 0 Å². The molecule has 0 aromatic heterocycles. The van der Waals surface area contributed by atoms with Gasteiger partial charge in [0.1, 0.15) is 5.88 Å². The Morgan fingerprint density at radius 2 is 1.70 bits per heavy atom. The summed E-state index contributed by atoms with van der Waals surface area (Å²) in [7, 11) is 0. The molecule has 1 aromatic rings. The Kier molecular flexibility index (Phi) is 7.82. The first-order chi connectivity index (χ1) is 10.5. The van der Waals surface area contributed by atoms with Crippen LogP contribution >= 0.6 is 24.0 Å². The van der Waals surface area contributed by atoms with Crippen LogP contribution in [0.15, 0.2) is 18.2 Å². The SMILES string of the molecule is Cc1cccc(C)c1NC(=O)CN1CCN(C(=O)CCl)CC1.Cl. The number of anilines is 1. The van der Waals surface area contributed by atoms with Gasteiger partial charge in [-0.25, -0.2) is 0 Å². The number of halogens is 2. The number of amides is 2. The van der Waals surface area contributed by atoms with Crippen LogP contribution in [0.3, 0.4) is 0 Å². The van der Waals surface area contributed by atoms with E-state index in [9.17, 15) is 9.59 Å². The molecule has 1 saturated heterocycles. The zero-order chi connectivity index (χ0) is 16.1. The molecule has 1 aliphatic rings. The van der Waals surface area contributed by atoms with Crippen LogP contribution in [-0.2, 0) is 9.59 Å². The van der Waals surface area contributed by atoms with Crippen LogP contribution in [0.4, 0.5) is 5.69 Å². The second-order valence-corrected chi connectivity index (χ2v) is 5.87. The van der Waals surface area contributed by atoms with Gasteiger partial charge in [-0.2, -0.15) is 0 Å². The summed E-state index contributed by atoms with van der Waals surface area (Å²) in [6, 6.07) is 5.95. The van der Waals surface area contributed by atoms with E-state index in [4.69, 9.17) is 11.6 Å². The Labute approximate surface area is 148 Å². The number of rotatable bonds is 4. The summed E-state index contributed by atoms with van der Waals surface area (Å²) < 4.78 is 0. The summed E-state index contributed by atoms with van der Waals surface area (Å²) in [6.45, 7) is 6.96. The van der Waals surface area contributed by atoms with Crippen molar-refractivity contribution >= 4 is 41.5 Å². The molecule has 0 radical (unpaired) electrons. The fourth-order valence-corrected chi connectivity index (χ4v) is 2.80. The van der Waals surface area contributed by atoms with Crippen molar-refractivity contribution in [3.63, 3.8) is 0 Å². The quantitative estimate of drug-likeness (QED) is 0.837. The van der Waals surface area contributed by atoms with Crippen molar-refractivity contribution in [1.29, 1.82) is 0 Å². The van der Waals surface area contributed by atoms with Gasteiger partial charge in [-0.15, -0.1) is 24.0 Å². The summed E-state index contributed by atoms with van der Waals surface area (Å²) in [5.74, 6) is -0.0385. The molecule has 1 N–H and O–H groups in total. The van der Waals surface area contributed by atoms with Crippen LogP contribution in [0.5, 0.6) is 0 Å². The molecule has 0 bridgehead atoms. The highest BCUT2D eigenvalue weighted by molar-refractivity contribution is 6.27. The molecule has 1 heterocycles. The van der Waals surface area contributed by atoms with Crippen molar-refractivity contribution in [2.24, 2.45) is 0 Å². The molecule has 0 unspecified atom stereocenters. The molecule has 0 aliphatic carbocycles. The maximum absolute atomic E-state index is 12.2. The summed E-state index contributed by atoms with van der Waals surface area (Å²) in [6.07, 6.45) is 0. The topological polar surface area (TPSA) is 52.7 Å². The van der Waals surface area contributed by atoms with E-state index in [2.05, 4.69) is 10.2 Å². The van der Waals surface area contributed by atoms with Crippen LogP contribution in [0.1, 0.15) is 11.1 Å². The highest BCUT2D eigenvalue weighted by Crippen LogP contribution is 2.19. The lowest BCUT2D eigenvalue weighted by molar-refractivity contribution is -0.130. The van der Waals surface area contributed by atoms with Crippen molar-refractivity contribution in [2.75, 3.05) is 43.9 Å². The maximum Gasteiger partial charge on any atom is 0.238 e. The Morgan fingerprint density at radius 3 is 2.22 bits per heavy atom. The second kappa shape index (κ2) is 9.11. The van der Waals surface area contributed by atoms with E-state index in [0.717, 1.165) is 16.8 Å². The zero-order valence-corrected chi connectivity index (χ0v) is 15.0. The fraction of sp³-hybridized carbons (Fsp3) is 0.500. The van der Waals surface area contributed by atoms with Gasteiger partial charge in [0.05, 0.1) is 6.54 Å². The monoisotopic (exact) mass is 359 g/mol. The van der Waals surface area contributed by atoms with E-state index in [0.29, 0.717) is 32.7 Å². The van der Waals surface area contributed by atoms with Gasteiger partial charge in [-0.1, -0.05) is 18.2 Å². The lowest BCUT2D eigenvalue weighted by Gasteiger charge is -2.34. The molecule has 1 aliphatic heterocycles. The molecule has 23 heavy (non-hydrogen) atoms. The van der Waals surface area contributed by atoms with Crippen LogP contribution in [-0.4, -0.2) is 60.2 Å². The molecular formula is C16H23Cl2N3O2. The van der Waals surface area contributed by atoms with Gasteiger partial charge >= 0.3 is 0 Å². The second-order valence-electron chi connectivity index (χ2n) is 5.61. The van der Waals surface area contributed by atoms with Gasteiger partial charge in [-0.3, -0.25) is 14.5 Å². The standard InChI is InChI=1S/C16H22ClN3O2.ClH/c1-12-4-3-5-13(2)16(12)18-14(21)11-19-6-8-20(9-7-19)15(22)10-17;/h3-5H,6-11H2,1-2H3,(H,18,21);1H. The Balaban J connectivity index is 0.00000264. The third kappa shape index (κ3) is 5.37. The zero-order valence-electron chi connectivity index (χ0n) is 13.5. The summed E-state index contributed by atoms with van der Waals surface area (Å²) in [4.78, 5) is 27.5. The number of carbonyl (C=O) groups excluding carboxylic acids is 2. The van der Waals surface area contributed by atoms with Crippen molar-refractivity contribution in [3.05, 3.63) is 29.3 Å². The smallest absolute Gasteiger partial charge is 0.238 e. The first-order valence-corrected chi connectivity index (χ1v) is 7.97. The van der Waals surface area contributed by atoms with Crippen LogP contribution in [0, 0.1) is 13.8 Å². The van der Waals surface area contributed by atoms with Crippen molar-refractivity contribution in [1.82, 2.24) is 9.80 Å².